The van der Waals surface area contributed by atoms with Crippen molar-refractivity contribution in [1.29, 1.82) is 0 Å². The van der Waals surface area contributed by atoms with Crippen LogP contribution in [0.4, 0.5) is 0 Å². The third kappa shape index (κ3) is 4.03. The second-order valence-electron chi connectivity index (χ2n) is 4.77. The van der Waals surface area contributed by atoms with E-state index in [4.69, 9.17) is 0 Å². The maximum atomic E-state index is 11.5. The minimum absolute atomic E-state index is 0.107. The molecule has 0 unspecified atom stereocenters. The lowest BCUT2D eigenvalue weighted by atomic mass is 10.1. The lowest BCUT2D eigenvalue weighted by Gasteiger charge is -2.08. The van der Waals surface area contributed by atoms with E-state index >= 15 is 0 Å². The number of pyridine rings is 1. The molecule has 0 saturated carbocycles. The van der Waals surface area contributed by atoms with E-state index in [9.17, 15) is 4.79 Å². The summed E-state index contributed by atoms with van der Waals surface area (Å²) in [7, 11) is 0. The smallest absolute Gasteiger partial charge is 0.221 e. The van der Waals surface area contributed by atoms with Gasteiger partial charge in [0.25, 0.3) is 0 Å². The van der Waals surface area contributed by atoms with Crippen LogP contribution < -0.4 is 10.6 Å². The van der Waals surface area contributed by atoms with E-state index in [2.05, 4.69) is 33.8 Å². The van der Waals surface area contributed by atoms with Crippen molar-refractivity contribution in [3.8, 4) is 0 Å². The van der Waals surface area contributed by atoms with Crippen LogP contribution in [0.1, 0.15) is 25.3 Å². The summed E-state index contributed by atoms with van der Waals surface area (Å²) in [6.07, 6.45) is 3.29. The first-order valence-corrected chi connectivity index (χ1v) is 7.11. The van der Waals surface area contributed by atoms with Crippen LogP contribution in [0.3, 0.4) is 0 Å². The largest absolute Gasteiger partial charge is 0.356 e. The van der Waals surface area contributed by atoms with Gasteiger partial charge in [0.05, 0.1) is 5.52 Å². The monoisotopic (exact) mass is 271 g/mol. The van der Waals surface area contributed by atoms with Crippen LogP contribution in [0.2, 0.25) is 0 Å². The zero-order valence-corrected chi connectivity index (χ0v) is 11.9. The van der Waals surface area contributed by atoms with E-state index in [1.54, 1.807) is 0 Å². The molecule has 2 rings (SSSR count). The number of benzene rings is 1. The van der Waals surface area contributed by atoms with Crippen LogP contribution in [0.25, 0.3) is 10.9 Å². The van der Waals surface area contributed by atoms with E-state index in [0.717, 1.165) is 36.0 Å². The van der Waals surface area contributed by atoms with Gasteiger partial charge in [0.15, 0.2) is 0 Å². The van der Waals surface area contributed by atoms with Crippen molar-refractivity contribution in [3.05, 3.63) is 42.1 Å². The molecular formula is C16H21N3O. The van der Waals surface area contributed by atoms with Crippen molar-refractivity contribution in [2.75, 3.05) is 13.1 Å². The molecule has 2 aromatic rings. The summed E-state index contributed by atoms with van der Waals surface area (Å²) in [6, 6.07) is 10.2. The highest BCUT2D eigenvalue weighted by molar-refractivity contribution is 5.81. The van der Waals surface area contributed by atoms with Gasteiger partial charge >= 0.3 is 0 Å². The number of hydrogen-bond donors (Lipinski definition) is 2. The van der Waals surface area contributed by atoms with Crippen LogP contribution in [0, 0.1) is 0 Å². The van der Waals surface area contributed by atoms with Crippen LogP contribution in [0.15, 0.2) is 36.5 Å². The molecule has 0 bridgehead atoms. The maximum Gasteiger partial charge on any atom is 0.221 e. The second kappa shape index (κ2) is 7.60. The minimum atomic E-state index is 0.107. The zero-order valence-electron chi connectivity index (χ0n) is 11.9. The maximum absolute atomic E-state index is 11.5. The van der Waals surface area contributed by atoms with Gasteiger partial charge in [0.2, 0.25) is 5.91 Å². The molecule has 0 fully saturated rings. The Labute approximate surface area is 119 Å². The van der Waals surface area contributed by atoms with Crippen LogP contribution in [-0.4, -0.2) is 24.0 Å². The Kier molecular flexibility index (Phi) is 5.50. The van der Waals surface area contributed by atoms with Crippen molar-refractivity contribution < 1.29 is 4.79 Å². The topological polar surface area (TPSA) is 54.0 Å². The summed E-state index contributed by atoms with van der Waals surface area (Å²) in [5.74, 6) is 0.107. The number of para-hydroxylation sites is 1. The van der Waals surface area contributed by atoms with Crippen molar-refractivity contribution in [2.45, 2.75) is 26.3 Å². The normalized spacial score (nSPS) is 10.7. The Morgan fingerprint density at radius 3 is 2.90 bits per heavy atom. The Morgan fingerprint density at radius 1 is 1.20 bits per heavy atom. The summed E-state index contributed by atoms with van der Waals surface area (Å²) in [5.41, 5.74) is 2.19. The molecule has 4 heteroatoms. The van der Waals surface area contributed by atoms with Gasteiger partial charge in [-0.15, -0.1) is 0 Å². The van der Waals surface area contributed by atoms with Gasteiger partial charge in [-0.1, -0.05) is 31.2 Å². The summed E-state index contributed by atoms with van der Waals surface area (Å²) in [5, 5.41) is 7.32. The van der Waals surface area contributed by atoms with Gasteiger partial charge in [-0.05, 0) is 18.1 Å². The van der Waals surface area contributed by atoms with Gasteiger partial charge in [0.1, 0.15) is 0 Å². The minimum Gasteiger partial charge on any atom is -0.356 e. The Morgan fingerprint density at radius 2 is 2.05 bits per heavy atom. The van der Waals surface area contributed by atoms with Crippen molar-refractivity contribution in [2.24, 2.45) is 0 Å². The quantitative estimate of drug-likeness (QED) is 0.759. The molecule has 1 aromatic heterocycles. The Bertz CT molecular complexity index is 563. The predicted molar refractivity (Wildman–Crippen MR) is 81.4 cm³/mol. The fraction of sp³-hybridized carbons (Fsp3) is 0.375. The number of rotatable bonds is 7. The summed E-state index contributed by atoms with van der Waals surface area (Å²) in [4.78, 5) is 15.9. The highest BCUT2D eigenvalue weighted by Gasteiger charge is 2.02. The van der Waals surface area contributed by atoms with Gasteiger partial charge < -0.3 is 10.6 Å². The molecule has 1 heterocycles. The fourth-order valence-corrected chi connectivity index (χ4v) is 2.09. The first-order valence-electron chi connectivity index (χ1n) is 7.11. The van der Waals surface area contributed by atoms with Gasteiger partial charge in [0, 0.05) is 37.6 Å². The number of nitrogens with zero attached hydrogens (tertiary/aromatic N) is 1. The number of nitrogens with one attached hydrogen (secondary N) is 2. The van der Waals surface area contributed by atoms with Gasteiger partial charge in [-0.25, -0.2) is 0 Å². The first kappa shape index (κ1) is 14.5. The van der Waals surface area contributed by atoms with Crippen LogP contribution in [-0.2, 0) is 11.3 Å². The number of amides is 1. The molecule has 1 aromatic carbocycles. The lowest BCUT2D eigenvalue weighted by molar-refractivity contribution is -0.120. The van der Waals surface area contributed by atoms with E-state index in [0.29, 0.717) is 13.0 Å². The first-order chi connectivity index (χ1) is 9.81. The molecule has 4 nitrogen and oxygen atoms in total. The summed E-state index contributed by atoms with van der Waals surface area (Å²) < 4.78 is 0. The van der Waals surface area contributed by atoms with Crippen LogP contribution >= 0.6 is 0 Å². The standard InChI is InChI=1S/C16H21N3O/c1-2-9-18-15(20)8-11-17-12-14-6-3-5-13-7-4-10-19-16(13)14/h3-7,10,17H,2,8-9,11-12H2,1H3,(H,18,20). The number of carbonyl (C=O) groups is 1. The third-order valence-electron chi connectivity index (χ3n) is 3.13. The molecule has 0 aliphatic heterocycles. The number of carbonyl (C=O) groups excluding carboxylic acids is 1. The molecular weight excluding hydrogens is 250 g/mol. The molecule has 0 radical (unpaired) electrons. The Hall–Kier alpha value is -1.94. The van der Waals surface area contributed by atoms with Crippen molar-refractivity contribution >= 4 is 16.8 Å². The number of hydrogen-bond acceptors (Lipinski definition) is 3. The SMILES string of the molecule is CCCNC(=O)CCNCc1cccc2cccnc12. The van der Waals surface area contributed by atoms with Gasteiger partial charge in [-0.2, -0.15) is 0 Å². The predicted octanol–water partition coefficient (Wildman–Crippen LogP) is 2.24. The molecule has 0 aliphatic carbocycles. The van der Waals surface area contributed by atoms with E-state index < -0.39 is 0 Å². The van der Waals surface area contributed by atoms with Crippen molar-refractivity contribution in [3.63, 3.8) is 0 Å². The molecule has 106 valence electrons. The molecule has 0 spiro atoms. The molecule has 1 amide bonds. The number of fused-ring (bicyclic) bond motifs is 1. The molecule has 0 aliphatic rings. The Balaban J connectivity index is 1.83. The van der Waals surface area contributed by atoms with Crippen molar-refractivity contribution in [1.82, 2.24) is 15.6 Å². The number of aromatic nitrogens is 1. The molecule has 20 heavy (non-hydrogen) atoms. The fourth-order valence-electron chi connectivity index (χ4n) is 2.09. The highest BCUT2D eigenvalue weighted by Crippen LogP contribution is 2.15. The van der Waals surface area contributed by atoms with E-state index in [1.807, 2.05) is 25.3 Å². The lowest BCUT2D eigenvalue weighted by Crippen LogP contribution is -2.28. The van der Waals surface area contributed by atoms with E-state index in [-0.39, 0.29) is 5.91 Å². The highest BCUT2D eigenvalue weighted by atomic mass is 16.1. The summed E-state index contributed by atoms with van der Waals surface area (Å²) >= 11 is 0. The average Bonchev–Trinajstić information content (AvgIpc) is 2.49. The average molecular weight is 271 g/mol. The zero-order chi connectivity index (χ0) is 14.2. The second-order valence-corrected chi connectivity index (χ2v) is 4.77. The molecule has 0 saturated heterocycles. The molecule has 0 atom stereocenters. The van der Waals surface area contributed by atoms with Crippen LogP contribution in [0.5, 0.6) is 0 Å². The summed E-state index contributed by atoms with van der Waals surface area (Å²) in [6.45, 7) is 4.21. The van der Waals surface area contributed by atoms with Gasteiger partial charge in [-0.3, -0.25) is 9.78 Å². The third-order valence-corrected chi connectivity index (χ3v) is 3.13. The molecule has 2 N–H and O–H groups in total. The van der Waals surface area contributed by atoms with E-state index in [1.165, 1.54) is 0 Å².